The Bertz CT molecular complexity index is 668. The fourth-order valence-corrected chi connectivity index (χ4v) is 3.81. The van der Waals surface area contributed by atoms with Crippen LogP contribution in [-0.4, -0.2) is 9.97 Å². The SMILES string of the molecule is C/C=C/CC1CCC(CCc2cnc(-c3ccc(Cl)cc3)nc2)CC1. The lowest BCUT2D eigenvalue weighted by atomic mass is 9.78. The van der Waals surface area contributed by atoms with Crippen LogP contribution in [0.5, 0.6) is 0 Å². The van der Waals surface area contributed by atoms with E-state index in [4.69, 9.17) is 11.6 Å². The van der Waals surface area contributed by atoms with Crippen molar-refractivity contribution >= 4 is 11.6 Å². The third kappa shape index (κ3) is 5.40. The van der Waals surface area contributed by atoms with Gasteiger partial charge < -0.3 is 0 Å². The molecule has 2 aromatic rings. The predicted molar refractivity (Wildman–Crippen MR) is 106 cm³/mol. The van der Waals surface area contributed by atoms with Gasteiger partial charge in [0.25, 0.3) is 0 Å². The highest BCUT2D eigenvalue weighted by Gasteiger charge is 2.20. The maximum Gasteiger partial charge on any atom is 0.159 e. The van der Waals surface area contributed by atoms with Crippen LogP contribution in [-0.2, 0) is 6.42 Å². The fourth-order valence-electron chi connectivity index (χ4n) is 3.69. The first-order valence-electron chi connectivity index (χ1n) is 9.42. The largest absolute Gasteiger partial charge is 0.236 e. The van der Waals surface area contributed by atoms with Crippen LogP contribution in [0.3, 0.4) is 0 Å². The molecule has 1 aliphatic rings. The van der Waals surface area contributed by atoms with E-state index in [1.165, 1.54) is 44.1 Å². The molecule has 25 heavy (non-hydrogen) atoms. The molecule has 132 valence electrons. The summed E-state index contributed by atoms with van der Waals surface area (Å²) in [4.78, 5) is 9.05. The van der Waals surface area contributed by atoms with E-state index >= 15 is 0 Å². The molecule has 0 atom stereocenters. The van der Waals surface area contributed by atoms with Gasteiger partial charge in [-0.1, -0.05) is 36.6 Å². The minimum Gasteiger partial charge on any atom is -0.236 e. The van der Waals surface area contributed by atoms with E-state index in [1.54, 1.807) is 0 Å². The van der Waals surface area contributed by atoms with Crippen molar-refractivity contribution < 1.29 is 0 Å². The fraction of sp³-hybridized carbons (Fsp3) is 0.455. The van der Waals surface area contributed by atoms with Gasteiger partial charge >= 0.3 is 0 Å². The Morgan fingerprint density at radius 3 is 2.28 bits per heavy atom. The van der Waals surface area contributed by atoms with Gasteiger partial charge in [-0.2, -0.15) is 0 Å². The van der Waals surface area contributed by atoms with Gasteiger partial charge in [-0.15, -0.1) is 0 Å². The summed E-state index contributed by atoms with van der Waals surface area (Å²) in [7, 11) is 0. The van der Waals surface area contributed by atoms with E-state index < -0.39 is 0 Å². The van der Waals surface area contributed by atoms with E-state index in [0.29, 0.717) is 0 Å². The average Bonchev–Trinajstić information content (AvgIpc) is 2.67. The summed E-state index contributed by atoms with van der Waals surface area (Å²) in [6.07, 6.45) is 17.6. The van der Waals surface area contributed by atoms with Gasteiger partial charge in [0.15, 0.2) is 5.82 Å². The molecule has 1 heterocycles. The van der Waals surface area contributed by atoms with Gasteiger partial charge in [-0.05, 0) is 80.7 Å². The number of benzene rings is 1. The summed E-state index contributed by atoms with van der Waals surface area (Å²) in [5.41, 5.74) is 2.25. The number of aryl methyl sites for hydroxylation is 1. The maximum absolute atomic E-state index is 5.93. The molecule has 0 spiro atoms. The third-order valence-corrected chi connectivity index (χ3v) is 5.57. The predicted octanol–water partition coefficient (Wildman–Crippen LogP) is 6.50. The normalized spacial score (nSPS) is 20.9. The van der Waals surface area contributed by atoms with Crippen molar-refractivity contribution in [3.8, 4) is 11.4 Å². The summed E-state index contributed by atoms with van der Waals surface area (Å²) >= 11 is 5.93. The molecule has 1 aromatic heterocycles. The number of hydrogen-bond acceptors (Lipinski definition) is 2. The second-order valence-corrected chi connectivity index (χ2v) is 7.59. The molecule has 0 aliphatic heterocycles. The monoisotopic (exact) mass is 354 g/mol. The van der Waals surface area contributed by atoms with Crippen LogP contribution in [0.4, 0.5) is 0 Å². The van der Waals surface area contributed by atoms with Gasteiger partial charge in [0.2, 0.25) is 0 Å². The van der Waals surface area contributed by atoms with Crippen LogP contribution in [0.2, 0.25) is 5.02 Å². The van der Waals surface area contributed by atoms with Gasteiger partial charge in [-0.3, -0.25) is 0 Å². The number of aromatic nitrogens is 2. The van der Waals surface area contributed by atoms with Crippen molar-refractivity contribution in [1.82, 2.24) is 9.97 Å². The van der Waals surface area contributed by atoms with Gasteiger partial charge in [0.1, 0.15) is 0 Å². The lowest BCUT2D eigenvalue weighted by Gasteiger charge is -2.27. The molecular formula is C22H27ClN2. The Morgan fingerprint density at radius 2 is 1.64 bits per heavy atom. The first-order chi connectivity index (χ1) is 12.2. The van der Waals surface area contributed by atoms with Crippen LogP contribution in [0.15, 0.2) is 48.8 Å². The topological polar surface area (TPSA) is 25.8 Å². The van der Waals surface area contributed by atoms with E-state index in [-0.39, 0.29) is 0 Å². The van der Waals surface area contributed by atoms with Crippen molar-refractivity contribution in [2.45, 2.75) is 51.9 Å². The molecule has 0 saturated heterocycles. The summed E-state index contributed by atoms with van der Waals surface area (Å²) in [6.45, 7) is 2.12. The number of rotatable bonds is 6. The molecule has 1 aliphatic carbocycles. The Hall–Kier alpha value is -1.67. The minimum absolute atomic E-state index is 0.737. The van der Waals surface area contributed by atoms with Crippen molar-refractivity contribution in [2.24, 2.45) is 11.8 Å². The molecule has 0 N–H and O–H groups in total. The Labute approximate surface area is 156 Å². The highest BCUT2D eigenvalue weighted by Crippen LogP contribution is 2.33. The quantitative estimate of drug-likeness (QED) is 0.553. The minimum atomic E-state index is 0.737. The zero-order valence-electron chi connectivity index (χ0n) is 15.0. The Kier molecular flexibility index (Phi) is 6.63. The maximum atomic E-state index is 5.93. The standard InChI is InChI=1S/C22H27ClN2/c1-2-3-4-17-5-7-18(8-6-17)9-10-19-15-24-22(25-16-19)20-11-13-21(23)14-12-20/h2-3,11-18H,4-10H2,1H3/b3-2+. The van der Waals surface area contributed by atoms with Crippen LogP contribution >= 0.6 is 11.6 Å². The smallest absolute Gasteiger partial charge is 0.159 e. The summed E-state index contributed by atoms with van der Waals surface area (Å²) < 4.78 is 0. The zero-order chi connectivity index (χ0) is 17.5. The highest BCUT2D eigenvalue weighted by molar-refractivity contribution is 6.30. The summed E-state index contributed by atoms with van der Waals surface area (Å²) in [5, 5.41) is 0.737. The molecule has 3 rings (SSSR count). The van der Waals surface area contributed by atoms with Crippen LogP contribution in [0.25, 0.3) is 11.4 Å². The molecule has 1 aromatic carbocycles. The van der Waals surface area contributed by atoms with Crippen LogP contribution in [0.1, 0.15) is 51.0 Å². The van der Waals surface area contributed by atoms with E-state index in [2.05, 4.69) is 29.0 Å². The average molecular weight is 355 g/mol. The Morgan fingerprint density at radius 1 is 1.00 bits per heavy atom. The summed E-state index contributed by atoms with van der Waals surface area (Å²) in [5.74, 6) is 2.55. The van der Waals surface area contributed by atoms with Crippen molar-refractivity contribution in [3.05, 3.63) is 59.4 Å². The van der Waals surface area contributed by atoms with Crippen molar-refractivity contribution in [1.29, 1.82) is 0 Å². The molecule has 1 saturated carbocycles. The lowest BCUT2D eigenvalue weighted by Crippen LogP contribution is -2.14. The number of halogens is 1. The van der Waals surface area contributed by atoms with Gasteiger partial charge in [0, 0.05) is 23.0 Å². The lowest BCUT2D eigenvalue weighted by molar-refractivity contribution is 0.265. The third-order valence-electron chi connectivity index (χ3n) is 5.32. The molecule has 0 bridgehead atoms. The Balaban J connectivity index is 1.47. The molecule has 0 radical (unpaired) electrons. The van der Waals surface area contributed by atoms with E-state index in [1.807, 2.05) is 36.7 Å². The van der Waals surface area contributed by atoms with Gasteiger partial charge in [-0.25, -0.2) is 9.97 Å². The van der Waals surface area contributed by atoms with Crippen LogP contribution < -0.4 is 0 Å². The zero-order valence-corrected chi connectivity index (χ0v) is 15.8. The molecule has 3 heteroatoms. The first kappa shape index (κ1) is 18.1. The van der Waals surface area contributed by atoms with E-state index in [0.717, 1.165) is 34.7 Å². The molecule has 0 amide bonds. The van der Waals surface area contributed by atoms with Crippen LogP contribution in [0, 0.1) is 11.8 Å². The highest BCUT2D eigenvalue weighted by atomic mass is 35.5. The van der Waals surface area contributed by atoms with Crippen molar-refractivity contribution in [3.63, 3.8) is 0 Å². The number of allylic oxidation sites excluding steroid dienone is 2. The number of hydrogen-bond donors (Lipinski definition) is 0. The molecule has 2 nitrogen and oxygen atoms in total. The second kappa shape index (κ2) is 9.15. The number of nitrogens with zero attached hydrogens (tertiary/aromatic N) is 2. The van der Waals surface area contributed by atoms with Gasteiger partial charge in [0.05, 0.1) is 0 Å². The first-order valence-corrected chi connectivity index (χ1v) is 9.80. The second-order valence-electron chi connectivity index (χ2n) is 7.15. The summed E-state index contributed by atoms with van der Waals surface area (Å²) in [6, 6.07) is 7.68. The van der Waals surface area contributed by atoms with E-state index in [9.17, 15) is 0 Å². The molecular weight excluding hydrogens is 328 g/mol. The van der Waals surface area contributed by atoms with Crippen molar-refractivity contribution in [2.75, 3.05) is 0 Å². The molecule has 1 fully saturated rings. The molecule has 0 unspecified atom stereocenters.